The molecule has 1 fully saturated rings. The van der Waals surface area contributed by atoms with Crippen molar-refractivity contribution in [2.75, 3.05) is 16.8 Å². The average molecular weight is 499 g/mol. The number of halogens is 4. The Morgan fingerprint density at radius 1 is 1.18 bits per heavy atom. The van der Waals surface area contributed by atoms with Crippen molar-refractivity contribution in [1.29, 1.82) is 0 Å². The van der Waals surface area contributed by atoms with Gasteiger partial charge in [-0.25, -0.2) is 13.6 Å². The van der Waals surface area contributed by atoms with Crippen molar-refractivity contribution >= 4 is 46.6 Å². The summed E-state index contributed by atoms with van der Waals surface area (Å²) in [4.78, 5) is 26.5. The monoisotopic (exact) mass is 498 g/mol. The number of hydrogen-bond acceptors (Lipinski definition) is 3. The lowest BCUT2D eigenvalue weighted by atomic mass is 9.85. The number of carbonyl (C=O) groups excluding carboxylic acids is 2. The largest absolute Gasteiger partial charge is 0.444 e. The quantitative estimate of drug-likeness (QED) is 0.501. The fraction of sp³-hybridized carbons (Fsp3) is 0.417. The Morgan fingerprint density at radius 2 is 1.82 bits per heavy atom. The highest BCUT2D eigenvalue weighted by Crippen LogP contribution is 2.40. The molecule has 0 spiro atoms. The molecule has 2 atom stereocenters. The SMILES string of the molecule is C[C@@H]1C[C@H](Cc2ccc(F)cc2F)CN(c2c(Cl)cc(NC(=O)OC(C)(C)C)cc2Cl)C1=O. The summed E-state index contributed by atoms with van der Waals surface area (Å²) in [5.41, 5.74) is 0.365. The number of amides is 2. The van der Waals surface area contributed by atoms with Crippen LogP contribution in [0.3, 0.4) is 0 Å². The number of nitrogens with zero attached hydrogens (tertiary/aromatic N) is 1. The van der Waals surface area contributed by atoms with Crippen LogP contribution in [0.5, 0.6) is 0 Å². The Balaban J connectivity index is 1.82. The molecule has 1 aliphatic rings. The van der Waals surface area contributed by atoms with E-state index in [1.54, 1.807) is 27.7 Å². The second kappa shape index (κ2) is 9.85. The molecule has 0 radical (unpaired) electrons. The molecule has 0 aromatic heterocycles. The van der Waals surface area contributed by atoms with Crippen molar-refractivity contribution in [3.8, 4) is 0 Å². The molecule has 2 aromatic carbocycles. The van der Waals surface area contributed by atoms with Crippen LogP contribution < -0.4 is 10.2 Å². The molecule has 33 heavy (non-hydrogen) atoms. The van der Waals surface area contributed by atoms with Crippen LogP contribution in [0.2, 0.25) is 10.0 Å². The molecule has 9 heteroatoms. The van der Waals surface area contributed by atoms with Gasteiger partial charge in [0.2, 0.25) is 5.91 Å². The van der Waals surface area contributed by atoms with Gasteiger partial charge in [-0.3, -0.25) is 10.1 Å². The van der Waals surface area contributed by atoms with Gasteiger partial charge in [0, 0.05) is 24.2 Å². The molecule has 2 amide bonds. The smallest absolute Gasteiger partial charge is 0.412 e. The molecule has 1 aliphatic heterocycles. The van der Waals surface area contributed by atoms with Crippen molar-refractivity contribution in [3.63, 3.8) is 0 Å². The van der Waals surface area contributed by atoms with Gasteiger partial charge >= 0.3 is 6.09 Å². The Hall–Kier alpha value is -2.38. The van der Waals surface area contributed by atoms with Gasteiger partial charge in [0.1, 0.15) is 17.2 Å². The summed E-state index contributed by atoms with van der Waals surface area (Å²) in [6.45, 7) is 7.30. The first-order chi connectivity index (χ1) is 15.3. The maximum Gasteiger partial charge on any atom is 0.412 e. The van der Waals surface area contributed by atoms with E-state index in [1.165, 1.54) is 29.2 Å². The summed E-state index contributed by atoms with van der Waals surface area (Å²) in [5.74, 6) is -1.81. The van der Waals surface area contributed by atoms with Gasteiger partial charge in [-0.05, 0) is 63.3 Å². The molecule has 0 saturated carbocycles. The molecule has 5 nitrogen and oxygen atoms in total. The van der Waals surface area contributed by atoms with E-state index in [0.29, 0.717) is 29.8 Å². The summed E-state index contributed by atoms with van der Waals surface area (Å²) in [5, 5.41) is 2.94. The summed E-state index contributed by atoms with van der Waals surface area (Å²) in [6.07, 6.45) is 0.236. The van der Waals surface area contributed by atoms with Crippen LogP contribution in [0.1, 0.15) is 39.7 Å². The van der Waals surface area contributed by atoms with Crippen LogP contribution in [-0.4, -0.2) is 24.1 Å². The summed E-state index contributed by atoms with van der Waals surface area (Å²) < 4.78 is 32.7. The Morgan fingerprint density at radius 3 is 2.39 bits per heavy atom. The first-order valence-corrected chi connectivity index (χ1v) is 11.3. The van der Waals surface area contributed by atoms with Crippen LogP contribution in [0.25, 0.3) is 0 Å². The number of rotatable bonds is 4. The van der Waals surface area contributed by atoms with E-state index < -0.39 is 23.3 Å². The Labute approximate surface area is 202 Å². The van der Waals surface area contributed by atoms with Gasteiger partial charge in [0.25, 0.3) is 0 Å². The zero-order valence-electron chi connectivity index (χ0n) is 18.8. The van der Waals surface area contributed by atoms with E-state index in [9.17, 15) is 18.4 Å². The molecule has 1 heterocycles. The van der Waals surface area contributed by atoms with Gasteiger partial charge < -0.3 is 9.64 Å². The second-order valence-corrected chi connectivity index (χ2v) is 10.1. The molecule has 0 aliphatic carbocycles. The first-order valence-electron chi connectivity index (χ1n) is 10.6. The van der Waals surface area contributed by atoms with Gasteiger partial charge in [-0.1, -0.05) is 36.2 Å². The highest BCUT2D eigenvalue weighted by molar-refractivity contribution is 6.40. The molecule has 3 rings (SSSR count). The number of anilines is 2. The van der Waals surface area contributed by atoms with Gasteiger partial charge in [-0.15, -0.1) is 0 Å². The zero-order chi connectivity index (χ0) is 24.5. The minimum Gasteiger partial charge on any atom is -0.444 e. The van der Waals surface area contributed by atoms with E-state index in [-0.39, 0.29) is 34.3 Å². The highest BCUT2D eigenvalue weighted by Gasteiger charge is 2.35. The van der Waals surface area contributed by atoms with Crippen molar-refractivity contribution in [1.82, 2.24) is 0 Å². The maximum atomic E-state index is 14.2. The average Bonchev–Trinajstić information content (AvgIpc) is 2.65. The van der Waals surface area contributed by atoms with Crippen molar-refractivity contribution in [2.45, 2.75) is 46.1 Å². The number of hydrogen-bond donors (Lipinski definition) is 1. The number of ether oxygens (including phenoxy) is 1. The topological polar surface area (TPSA) is 58.6 Å². The summed E-state index contributed by atoms with van der Waals surface area (Å²) >= 11 is 13.0. The van der Waals surface area contributed by atoms with Crippen LogP contribution >= 0.6 is 23.2 Å². The van der Waals surface area contributed by atoms with E-state index in [1.807, 2.05) is 0 Å². The number of carbonyl (C=O) groups is 2. The summed E-state index contributed by atoms with van der Waals surface area (Å²) in [7, 11) is 0. The van der Waals surface area contributed by atoms with Crippen LogP contribution in [0, 0.1) is 23.5 Å². The third-order valence-corrected chi connectivity index (χ3v) is 5.85. The highest BCUT2D eigenvalue weighted by atomic mass is 35.5. The Kier molecular flexibility index (Phi) is 7.54. The molecule has 178 valence electrons. The maximum absolute atomic E-state index is 14.2. The number of piperidine rings is 1. The van der Waals surface area contributed by atoms with Crippen molar-refractivity contribution in [2.24, 2.45) is 11.8 Å². The van der Waals surface area contributed by atoms with E-state index in [2.05, 4.69) is 5.32 Å². The van der Waals surface area contributed by atoms with Gasteiger partial charge in [0.15, 0.2) is 0 Å². The Bertz CT molecular complexity index is 1050. The fourth-order valence-electron chi connectivity index (χ4n) is 3.95. The van der Waals surface area contributed by atoms with Crippen molar-refractivity contribution < 1.29 is 23.1 Å². The molecular formula is C24H26Cl2F2N2O3. The predicted octanol–water partition coefficient (Wildman–Crippen LogP) is 6.85. The van der Waals surface area contributed by atoms with E-state index in [0.717, 1.165) is 6.07 Å². The number of nitrogens with one attached hydrogen (secondary N) is 1. The standard InChI is InChI=1S/C24H26Cl2F2N2O3/c1-13-7-14(8-15-5-6-16(27)9-20(15)28)12-30(22(13)31)21-18(25)10-17(11-19(21)26)29-23(32)33-24(2,3)4/h5-6,9-11,13-14H,7-8,12H2,1-4H3,(H,29,32)/t13-,14-/m1/s1. The molecular weight excluding hydrogens is 473 g/mol. The van der Waals surface area contributed by atoms with Gasteiger partial charge in [-0.2, -0.15) is 0 Å². The minimum atomic E-state index is -0.674. The van der Waals surface area contributed by atoms with Crippen molar-refractivity contribution in [3.05, 3.63) is 57.6 Å². The van der Waals surface area contributed by atoms with Crippen LogP contribution in [0.4, 0.5) is 25.0 Å². The molecule has 2 aromatic rings. The molecule has 0 bridgehead atoms. The van der Waals surface area contributed by atoms with Crippen LogP contribution in [0.15, 0.2) is 30.3 Å². The first kappa shape index (κ1) is 25.2. The molecule has 1 saturated heterocycles. The lowest BCUT2D eigenvalue weighted by Gasteiger charge is -2.37. The third-order valence-electron chi connectivity index (χ3n) is 5.27. The molecule has 1 N–H and O–H groups in total. The minimum absolute atomic E-state index is 0.0793. The fourth-order valence-corrected chi connectivity index (χ4v) is 4.65. The number of benzene rings is 2. The lowest BCUT2D eigenvalue weighted by molar-refractivity contribution is -0.124. The predicted molar refractivity (Wildman–Crippen MR) is 126 cm³/mol. The summed E-state index contributed by atoms with van der Waals surface area (Å²) in [6, 6.07) is 6.49. The van der Waals surface area contributed by atoms with E-state index in [4.69, 9.17) is 27.9 Å². The normalized spacial score (nSPS) is 18.9. The van der Waals surface area contributed by atoms with Gasteiger partial charge in [0.05, 0.1) is 15.7 Å². The zero-order valence-corrected chi connectivity index (χ0v) is 20.4. The molecule has 0 unspecified atom stereocenters. The lowest BCUT2D eigenvalue weighted by Crippen LogP contribution is -2.45. The second-order valence-electron chi connectivity index (χ2n) is 9.31. The third kappa shape index (κ3) is 6.36. The van der Waals surface area contributed by atoms with E-state index >= 15 is 0 Å². The van der Waals surface area contributed by atoms with Crippen LogP contribution in [-0.2, 0) is 16.0 Å².